The van der Waals surface area contributed by atoms with Crippen molar-refractivity contribution in [1.29, 1.82) is 0 Å². The van der Waals surface area contributed by atoms with Crippen molar-refractivity contribution in [3.8, 4) is 5.75 Å². The smallest absolute Gasteiger partial charge is 0.241 e. The van der Waals surface area contributed by atoms with Crippen LogP contribution in [0.3, 0.4) is 0 Å². The minimum Gasteiger partial charge on any atom is -0.495 e. The van der Waals surface area contributed by atoms with Gasteiger partial charge in [0.25, 0.3) is 0 Å². The molecule has 6 nitrogen and oxygen atoms in total. The van der Waals surface area contributed by atoms with Crippen LogP contribution in [0.5, 0.6) is 5.75 Å². The van der Waals surface area contributed by atoms with Crippen molar-refractivity contribution in [3.05, 3.63) is 59.7 Å². The Morgan fingerprint density at radius 3 is 2.35 bits per heavy atom. The SMILES string of the molecule is COc1ccccc1N(CC(=O)N[C@@H](C)c1ccc(C)cc1)S(C)(=O)=O. The molecular weight excluding hydrogens is 352 g/mol. The fourth-order valence-corrected chi connectivity index (χ4v) is 3.43. The highest BCUT2D eigenvalue weighted by Crippen LogP contribution is 2.29. The van der Waals surface area contributed by atoms with Gasteiger partial charge >= 0.3 is 0 Å². The number of methoxy groups -OCH3 is 1. The lowest BCUT2D eigenvalue weighted by molar-refractivity contribution is -0.120. The first kappa shape index (κ1) is 19.8. The topological polar surface area (TPSA) is 75.7 Å². The number of carbonyl (C=O) groups excluding carboxylic acids is 1. The van der Waals surface area contributed by atoms with Crippen LogP contribution in [0.15, 0.2) is 48.5 Å². The number of sulfonamides is 1. The monoisotopic (exact) mass is 376 g/mol. The van der Waals surface area contributed by atoms with Gasteiger partial charge in [0.1, 0.15) is 12.3 Å². The molecular formula is C19H24N2O4S. The third-order valence-corrected chi connectivity index (χ3v) is 5.12. The molecule has 2 rings (SSSR count). The molecule has 140 valence electrons. The van der Waals surface area contributed by atoms with E-state index in [1.54, 1.807) is 24.3 Å². The number of nitrogens with zero attached hydrogens (tertiary/aromatic N) is 1. The van der Waals surface area contributed by atoms with E-state index in [4.69, 9.17) is 4.74 Å². The van der Waals surface area contributed by atoms with Crippen LogP contribution in [0.25, 0.3) is 0 Å². The van der Waals surface area contributed by atoms with Gasteiger partial charge in [-0.1, -0.05) is 42.0 Å². The lowest BCUT2D eigenvalue weighted by atomic mass is 10.1. The normalized spacial score (nSPS) is 12.3. The van der Waals surface area contributed by atoms with Gasteiger partial charge < -0.3 is 10.1 Å². The van der Waals surface area contributed by atoms with E-state index >= 15 is 0 Å². The van der Waals surface area contributed by atoms with Crippen molar-refractivity contribution in [2.24, 2.45) is 0 Å². The maximum Gasteiger partial charge on any atom is 0.241 e. The van der Waals surface area contributed by atoms with E-state index in [0.29, 0.717) is 11.4 Å². The molecule has 0 heterocycles. The van der Waals surface area contributed by atoms with Crippen LogP contribution in [-0.2, 0) is 14.8 Å². The molecule has 0 aliphatic rings. The Morgan fingerprint density at radius 2 is 1.77 bits per heavy atom. The molecule has 0 spiro atoms. The summed E-state index contributed by atoms with van der Waals surface area (Å²) in [6, 6.07) is 14.3. The predicted molar refractivity (Wildman–Crippen MR) is 103 cm³/mol. The minimum absolute atomic E-state index is 0.234. The highest BCUT2D eigenvalue weighted by Gasteiger charge is 2.24. The molecule has 0 unspecified atom stereocenters. The molecule has 1 amide bonds. The standard InChI is InChI=1S/C19H24N2O4S/c1-14-9-11-16(12-10-14)15(2)20-19(22)13-21(26(4,23)24)17-7-5-6-8-18(17)25-3/h5-12,15H,13H2,1-4H3,(H,20,22)/t15-/m0/s1. The summed E-state index contributed by atoms with van der Waals surface area (Å²) in [7, 11) is -2.20. The highest BCUT2D eigenvalue weighted by atomic mass is 32.2. The first-order valence-electron chi connectivity index (χ1n) is 8.19. The molecule has 0 radical (unpaired) electrons. The average Bonchev–Trinajstić information content (AvgIpc) is 2.59. The Bertz CT molecular complexity index is 863. The third-order valence-electron chi connectivity index (χ3n) is 4.00. The van der Waals surface area contributed by atoms with E-state index in [1.807, 2.05) is 38.1 Å². The maximum atomic E-state index is 12.5. The second-order valence-corrected chi connectivity index (χ2v) is 8.05. The number of anilines is 1. The number of rotatable bonds is 7. The number of hydrogen-bond donors (Lipinski definition) is 1. The number of carbonyl (C=O) groups is 1. The summed E-state index contributed by atoms with van der Waals surface area (Å²) in [5.41, 5.74) is 2.41. The van der Waals surface area contributed by atoms with Crippen LogP contribution < -0.4 is 14.4 Å². The largest absolute Gasteiger partial charge is 0.495 e. The summed E-state index contributed by atoms with van der Waals surface area (Å²) in [4.78, 5) is 12.5. The first-order valence-corrected chi connectivity index (χ1v) is 10.0. The number of nitrogens with one attached hydrogen (secondary N) is 1. The van der Waals surface area contributed by atoms with Crippen LogP contribution in [0, 0.1) is 6.92 Å². The van der Waals surface area contributed by atoms with E-state index in [1.165, 1.54) is 7.11 Å². The summed E-state index contributed by atoms with van der Waals surface area (Å²) in [6.45, 7) is 3.52. The van der Waals surface area contributed by atoms with Crippen molar-refractivity contribution in [2.45, 2.75) is 19.9 Å². The molecule has 0 aliphatic carbocycles. The molecule has 0 bridgehead atoms. The molecule has 26 heavy (non-hydrogen) atoms. The molecule has 2 aromatic rings. The summed E-state index contributed by atoms with van der Waals surface area (Å²) >= 11 is 0. The zero-order valence-corrected chi connectivity index (χ0v) is 16.2. The molecule has 2 aromatic carbocycles. The van der Waals surface area contributed by atoms with Crippen LogP contribution in [0.2, 0.25) is 0 Å². The number of ether oxygens (including phenoxy) is 1. The van der Waals surface area contributed by atoms with Crippen molar-refractivity contribution in [1.82, 2.24) is 5.32 Å². The van der Waals surface area contributed by atoms with Crippen LogP contribution in [0.1, 0.15) is 24.1 Å². The van der Waals surface area contributed by atoms with Gasteiger partial charge in [-0.05, 0) is 31.5 Å². The summed E-state index contributed by atoms with van der Waals surface area (Å²) in [5, 5.41) is 2.84. The third kappa shape index (κ3) is 4.98. The number of hydrogen-bond acceptors (Lipinski definition) is 4. The van der Waals surface area contributed by atoms with Crippen molar-refractivity contribution >= 4 is 21.6 Å². The van der Waals surface area contributed by atoms with Crippen LogP contribution >= 0.6 is 0 Å². The van der Waals surface area contributed by atoms with E-state index < -0.39 is 15.9 Å². The summed E-state index contributed by atoms with van der Waals surface area (Å²) in [6.07, 6.45) is 1.07. The van der Waals surface area contributed by atoms with Crippen molar-refractivity contribution in [2.75, 3.05) is 24.2 Å². The number of amides is 1. The van der Waals surface area contributed by atoms with Gasteiger partial charge in [0.15, 0.2) is 0 Å². The maximum absolute atomic E-state index is 12.5. The molecule has 0 fully saturated rings. The van der Waals surface area contributed by atoms with E-state index in [2.05, 4.69) is 5.32 Å². The van der Waals surface area contributed by atoms with Gasteiger partial charge in [-0.25, -0.2) is 8.42 Å². The van der Waals surface area contributed by atoms with E-state index in [9.17, 15) is 13.2 Å². The van der Waals surface area contributed by atoms with Gasteiger partial charge in [0.05, 0.1) is 25.1 Å². The van der Waals surface area contributed by atoms with Crippen LogP contribution in [-0.4, -0.2) is 34.2 Å². The number of benzene rings is 2. The zero-order chi connectivity index (χ0) is 19.3. The molecule has 0 aliphatic heterocycles. The molecule has 0 saturated heterocycles. The highest BCUT2D eigenvalue weighted by molar-refractivity contribution is 7.92. The lowest BCUT2D eigenvalue weighted by Crippen LogP contribution is -2.41. The Labute approximate surface area is 154 Å². The van der Waals surface area contributed by atoms with Gasteiger partial charge in [0.2, 0.25) is 15.9 Å². The summed E-state index contributed by atoms with van der Waals surface area (Å²) in [5.74, 6) is -0.00767. The number of para-hydroxylation sites is 2. The molecule has 0 saturated carbocycles. The molecule has 7 heteroatoms. The Hall–Kier alpha value is -2.54. The van der Waals surface area contributed by atoms with Gasteiger partial charge in [0, 0.05) is 0 Å². The van der Waals surface area contributed by atoms with Gasteiger partial charge in [-0.3, -0.25) is 9.10 Å². The van der Waals surface area contributed by atoms with Gasteiger partial charge in [-0.15, -0.1) is 0 Å². The fraction of sp³-hybridized carbons (Fsp3) is 0.316. The molecule has 0 aromatic heterocycles. The predicted octanol–water partition coefficient (Wildman–Crippen LogP) is 2.65. The lowest BCUT2D eigenvalue weighted by Gasteiger charge is -2.24. The minimum atomic E-state index is -3.66. The van der Waals surface area contributed by atoms with Crippen molar-refractivity contribution < 1.29 is 17.9 Å². The van der Waals surface area contributed by atoms with Gasteiger partial charge in [-0.2, -0.15) is 0 Å². The average molecular weight is 376 g/mol. The quantitative estimate of drug-likeness (QED) is 0.806. The second-order valence-electron chi connectivity index (χ2n) is 6.14. The first-order chi connectivity index (χ1) is 12.2. The fourth-order valence-electron chi connectivity index (χ4n) is 2.57. The molecule has 1 atom stereocenters. The zero-order valence-electron chi connectivity index (χ0n) is 15.4. The van der Waals surface area contributed by atoms with E-state index in [0.717, 1.165) is 21.7 Å². The Balaban J connectivity index is 2.18. The Morgan fingerprint density at radius 1 is 1.15 bits per heavy atom. The van der Waals surface area contributed by atoms with E-state index in [-0.39, 0.29) is 12.6 Å². The van der Waals surface area contributed by atoms with Crippen molar-refractivity contribution in [3.63, 3.8) is 0 Å². The Kier molecular flexibility index (Phi) is 6.26. The second kappa shape index (κ2) is 8.23. The van der Waals surface area contributed by atoms with Crippen LogP contribution in [0.4, 0.5) is 5.69 Å². The summed E-state index contributed by atoms with van der Waals surface area (Å²) < 4.78 is 30.7. The molecule has 1 N–H and O–H groups in total. The number of aryl methyl sites for hydroxylation is 1.